The third kappa shape index (κ3) is 3.62. The summed E-state index contributed by atoms with van der Waals surface area (Å²) in [6.45, 7) is 17.7. The second-order valence-corrected chi connectivity index (χ2v) is 8.18. The molecule has 3 heteroatoms. The topological polar surface area (TPSA) is 9.72 Å². The van der Waals surface area contributed by atoms with E-state index in [0.29, 0.717) is 5.41 Å². The molecule has 0 unspecified atom stereocenters. The highest BCUT2D eigenvalue weighted by Crippen LogP contribution is 2.41. The van der Waals surface area contributed by atoms with E-state index in [1.807, 2.05) is 0 Å². The Labute approximate surface area is 131 Å². The van der Waals surface area contributed by atoms with Gasteiger partial charge >= 0.3 is 0 Å². The van der Waals surface area contributed by atoms with Crippen LogP contribution in [0.3, 0.4) is 0 Å². The number of piperidine rings is 2. The molecule has 0 N–H and O–H groups in total. The van der Waals surface area contributed by atoms with E-state index < -0.39 is 0 Å². The molecule has 3 heterocycles. The van der Waals surface area contributed by atoms with Gasteiger partial charge in [0.25, 0.3) is 0 Å². The van der Waals surface area contributed by atoms with Gasteiger partial charge in [-0.05, 0) is 83.6 Å². The van der Waals surface area contributed by atoms with Crippen LogP contribution in [0.4, 0.5) is 0 Å². The van der Waals surface area contributed by atoms with Crippen molar-refractivity contribution in [3.8, 4) is 0 Å². The van der Waals surface area contributed by atoms with Gasteiger partial charge < -0.3 is 14.7 Å². The molecule has 0 aliphatic carbocycles. The molecule has 0 amide bonds. The molecular weight excluding hydrogens is 258 g/mol. The molecule has 1 spiro atoms. The quantitative estimate of drug-likeness (QED) is 0.788. The van der Waals surface area contributed by atoms with Gasteiger partial charge in [0.1, 0.15) is 0 Å². The van der Waals surface area contributed by atoms with Crippen molar-refractivity contribution in [2.75, 3.05) is 52.4 Å². The van der Waals surface area contributed by atoms with Crippen molar-refractivity contribution in [3.63, 3.8) is 0 Å². The number of hydrogen-bond donors (Lipinski definition) is 0. The standard InChI is InChI=1S/C18H35N3/c1-4-19-9-5-17(6-10-19)13-20-14-18(15-20)7-11-21(12-8-18)16(2)3/h16-17H,4-15H2,1-3H3. The van der Waals surface area contributed by atoms with E-state index in [4.69, 9.17) is 0 Å². The van der Waals surface area contributed by atoms with Crippen LogP contribution in [0.2, 0.25) is 0 Å². The molecule has 0 bridgehead atoms. The zero-order chi connectivity index (χ0) is 14.9. The van der Waals surface area contributed by atoms with Crippen LogP contribution in [0.15, 0.2) is 0 Å². The normalized spacial score (nSPS) is 29.1. The molecular formula is C18H35N3. The molecule has 0 aromatic heterocycles. The average Bonchev–Trinajstić information content (AvgIpc) is 2.47. The van der Waals surface area contributed by atoms with E-state index >= 15 is 0 Å². The first-order chi connectivity index (χ1) is 10.1. The summed E-state index contributed by atoms with van der Waals surface area (Å²) in [5, 5.41) is 0. The Bertz CT molecular complexity index is 317. The number of nitrogens with zero attached hydrogens (tertiary/aromatic N) is 3. The molecule has 0 aromatic rings. The fourth-order valence-corrected chi connectivity index (χ4v) is 4.71. The molecule has 122 valence electrons. The summed E-state index contributed by atoms with van der Waals surface area (Å²) in [5.41, 5.74) is 0.704. The van der Waals surface area contributed by atoms with Crippen molar-refractivity contribution in [2.45, 2.75) is 52.5 Å². The van der Waals surface area contributed by atoms with E-state index in [1.165, 1.54) is 78.0 Å². The van der Waals surface area contributed by atoms with E-state index in [0.717, 1.165) is 12.0 Å². The third-order valence-electron chi connectivity index (χ3n) is 6.38. The molecule has 3 rings (SSSR count). The minimum absolute atomic E-state index is 0.704. The van der Waals surface area contributed by atoms with Crippen LogP contribution in [0.25, 0.3) is 0 Å². The van der Waals surface area contributed by atoms with Gasteiger partial charge in [0, 0.05) is 25.7 Å². The maximum Gasteiger partial charge on any atom is 0.00516 e. The monoisotopic (exact) mass is 293 g/mol. The highest BCUT2D eigenvalue weighted by atomic mass is 15.2. The number of rotatable bonds is 4. The highest BCUT2D eigenvalue weighted by molar-refractivity contribution is 4.99. The Morgan fingerprint density at radius 2 is 1.57 bits per heavy atom. The fourth-order valence-electron chi connectivity index (χ4n) is 4.71. The van der Waals surface area contributed by atoms with Gasteiger partial charge in [-0.1, -0.05) is 6.92 Å². The van der Waals surface area contributed by atoms with Crippen LogP contribution in [0, 0.1) is 11.3 Å². The van der Waals surface area contributed by atoms with Crippen molar-refractivity contribution in [1.82, 2.24) is 14.7 Å². The second-order valence-electron chi connectivity index (χ2n) is 8.18. The molecule has 0 atom stereocenters. The first kappa shape index (κ1) is 15.8. The van der Waals surface area contributed by atoms with Crippen LogP contribution in [0.5, 0.6) is 0 Å². The largest absolute Gasteiger partial charge is 0.304 e. The van der Waals surface area contributed by atoms with Crippen molar-refractivity contribution in [1.29, 1.82) is 0 Å². The Hall–Kier alpha value is -0.120. The van der Waals surface area contributed by atoms with E-state index in [1.54, 1.807) is 0 Å². The zero-order valence-corrected chi connectivity index (χ0v) is 14.5. The van der Waals surface area contributed by atoms with Crippen molar-refractivity contribution >= 4 is 0 Å². The lowest BCUT2D eigenvalue weighted by Gasteiger charge is -2.55. The number of likely N-dealkylation sites (tertiary alicyclic amines) is 3. The molecule has 3 aliphatic rings. The minimum atomic E-state index is 0.704. The van der Waals surface area contributed by atoms with Crippen LogP contribution in [-0.2, 0) is 0 Å². The highest BCUT2D eigenvalue weighted by Gasteiger charge is 2.45. The van der Waals surface area contributed by atoms with Gasteiger partial charge in [0.05, 0.1) is 0 Å². The predicted octanol–water partition coefficient (Wildman–Crippen LogP) is 2.52. The SMILES string of the molecule is CCN1CCC(CN2CC3(CCN(C(C)C)CC3)C2)CC1. The molecule has 21 heavy (non-hydrogen) atoms. The molecule has 3 aliphatic heterocycles. The summed E-state index contributed by atoms with van der Waals surface area (Å²) in [4.78, 5) is 8.03. The predicted molar refractivity (Wildman–Crippen MR) is 89.7 cm³/mol. The van der Waals surface area contributed by atoms with E-state index in [2.05, 4.69) is 35.5 Å². The summed E-state index contributed by atoms with van der Waals surface area (Å²) in [5.74, 6) is 0.973. The smallest absolute Gasteiger partial charge is 0.00516 e. The van der Waals surface area contributed by atoms with Crippen molar-refractivity contribution in [3.05, 3.63) is 0 Å². The minimum Gasteiger partial charge on any atom is -0.304 e. The van der Waals surface area contributed by atoms with E-state index in [9.17, 15) is 0 Å². The van der Waals surface area contributed by atoms with Crippen LogP contribution >= 0.6 is 0 Å². The zero-order valence-electron chi connectivity index (χ0n) is 14.5. The van der Waals surface area contributed by atoms with Crippen molar-refractivity contribution < 1.29 is 0 Å². The fraction of sp³-hybridized carbons (Fsp3) is 1.00. The molecule has 0 aromatic carbocycles. The number of hydrogen-bond acceptors (Lipinski definition) is 3. The maximum absolute atomic E-state index is 2.76. The average molecular weight is 293 g/mol. The Morgan fingerprint density at radius 1 is 0.952 bits per heavy atom. The first-order valence-corrected chi connectivity index (χ1v) is 9.29. The lowest BCUT2D eigenvalue weighted by molar-refractivity contribution is -0.0608. The summed E-state index contributed by atoms with van der Waals surface area (Å²) in [6, 6.07) is 0.738. The van der Waals surface area contributed by atoms with Crippen LogP contribution in [-0.4, -0.2) is 73.1 Å². The summed E-state index contributed by atoms with van der Waals surface area (Å²) >= 11 is 0. The first-order valence-electron chi connectivity index (χ1n) is 9.29. The Morgan fingerprint density at radius 3 is 2.10 bits per heavy atom. The summed E-state index contributed by atoms with van der Waals surface area (Å²) in [6.07, 6.45) is 5.74. The van der Waals surface area contributed by atoms with Gasteiger partial charge in [0.2, 0.25) is 0 Å². The van der Waals surface area contributed by atoms with Crippen LogP contribution in [0.1, 0.15) is 46.5 Å². The van der Waals surface area contributed by atoms with Gasteiger partial charge in [-0.2, -0.15) is 0 Å². The second kappa shape index (κ2) is 6.55. The van der Waals surface area contributed by atoms with Gasteiger partial charge in [0.15, 0.2) is 0 Å². The maximum atomic E-state index is 2.76. The van der Waals surface area contributed by atoms with E-state index in [-0.39, 0.29) is 0 Å². The molecule has 3 saturated heterocycles. The van der Waals surface area contributed by atoms with Crippen molar-refractivity contribution in [2.24, 2.45) is 11.3 Å². The van der Waals surface area contributed by atoms with Crippen LogP contribution < -0.4 is 0 Å². The summed E-state index contributed by atoms with van der Waals surface area (Å²) < 4.78 is 0. The Balaban J connectivity index is 1.37. The third-order valence-corrected chi connectivity index (χ3v) is 6.38. The molecule has 0 saturated carbocycles. The van der Waals surface area contributed by atoms with Gasteiger partial charge in [-0.15, -0.1) is 0 Å². The lowest BCUT2D eigenvalue weighted by Crippen LogP contribution is -2.61. The van der Waals surface area contributed by atoms with Gasteiger partial charge in [-0.3, -0.25) is 0 Å². The molecule has 0 radical (unpaired) electrons. The molecule has 3 fully saturated rings. The lowest BCUT2D eigenvalue weighted by atomic mass is 9.71. The summed E-state index contributed by atoms with van der Waals surface area (Å²) in [7, 11) is 0. The molecule has 3 nitrogen and oxygen atoms in total. The van der Waals surface area contributed by atoms with Gasteiger partial charge in [-0.25, -0.2) is 0 Å². The Kier molecular flexibility index (Phi) is 4.92.